The first-order chi connectivity index (χ1) is 9.20. The fourth-order valence-corrected chi connectivity index (χ4v) is 2.36. The van der Waals surface area contributed by atoms with E-state index in [1.165, 1.54) is 11.1 Å². The molecule has 2 rings (SSSR count). The first kappa shape index (κ1) is 13.9. The number of hydrogen-bond donors (Lipinski definition) is 1. The second-order valence-corrected chi connectivity index (χ2v) is 4.99. The van der Waals surface area contributed by atoms with E-state index in [9.17, 15) is 0 Å². The molecule has 0 bridgehead atoms. The highest BCUT2D eigenvalue weighted by atomic mass is 16.5. The number of benzene rings is 1. The van der Waals surface area contributed by atoms with Crippen molar-refractivity contribution in [2.24, 2.45) is 0 Å². The topological polar surface area (TPSA) is 24.5 Å². The summed E-state index contributed by atoms with van der Waals surface area (Å²) in [6.45, 7) is 9.29. The summed E-state index contributed by atoms with van der Waals surface area (Å²) in [7, 11) is 1.70. The first-order valence-electron chi connectivity index (χ1n) is 6.78. The van der Waals surface area contributed by atoms with Gasteiger partial charge in [0, 0.05) is 26.2 Å². The van der Waals surface area contributed by atoms with Crippen LogP contribution in [0.1, 0.15) is 16.7 Å². The zero-order valence-electron chi connectivity index (χ0n) is 12.0. The molecule has 1 heterocycles. The Bertz CT molecular complexity index is 493. The van der Waals surface area contributed by atoms with Crippen molar-refractivity contribution in [3.63, 3.8) is 0 Å². The van der Waals surface area contributed by atoms with E-state index in [2.05, 4.69) is 42.0 Å². The van der Waals surface area contributed by atoms with Crippen molar-refractivity contribution in [1.82, 2.24) is 10.2 Å². The lowest BCUT2D eigenvalue weighted by atomic mass is 10.0. The van der Waals surface area contributed by atoms with Crippen LogP contribution in [0.4, 0.5) is 0 Å². The Morgan fingerprint density at radius 1 is 1.26 bits per heavy atom. The van der Waals surface area contributed by atoms with Gasteiger partial charge in [0.1, 0.15) is 5.75 Å². The predicted octanol–water partition coefficient (Wildman–Crippen LogP) is 1.57. The Morgan fingerprint density at radius 2 is 2.00 bits per heavy atom. The smallest absolute Gasteiger partial charge is 0.135 e. The van der Waals surface area contributed by atoms with Crippen LogP contribution in [0, 0.1) is 25.7 Å². The molecule has 102 valence electrons. The number of aryl methyl sites for hydroxylation is 2. The molecular weight excluding hydrogens is 236 g/mol. The minimum Gasteiger partial charge on any atom is -0.495 e. The molecule has 1 saturated heterocycles. The highest BCUT2D eigenvalue weighted by molar-refractivity contribution is 5.52. The van der Waals surface area contributed by atoms with Crippen LogP contribution in [-0.2, 0) is 0 Å². The van der Waals surface area contributed by atoms with Gasteiger partial charge in [-0.3, -0.25) is 4.90 Å². The highest BCUT2D eigenvalue weighted by Crippen LogP contribution is 2.22. The molecule has 0 saturated carbocycles. The van der Waals surface area contributed by atoms with Gasteiger partial charge >= 0.3 is 0 Å². The standard InChI is InChI=1S/C16H22N2O/c1-13-11-14(2)15(16(12-13)19-3)5-4-8-18-9-6-17-7-10-18/h11-12,17H,6-10H2,1-3H3. The number of rotatable bonds is 2. The summed E-state index contributed by atoms with van der Waals surface area (Å²) < 4.78 is 5.42. The van der Waals surface area contributed by atoms with Crippen molar-refractivity contribution in [2.45, 2.75) is 13.8 Å². The normalized spacial score (nSPS) is 15.7. The molecule has 0 aromatic heterocycles. The van der Waals surface area contributed by atoms with Crippen LogP contribution in [-0.4, -0.2) is 44.7 Å². The third kappa shape index (κ3) is 3.73. The predicted molar refractivity (Wildman–Crippen MR) is 78.7 cm³/mol. The number of ether oxygens (including phenoxy) is 1. The van der Waals surface area contributed by atoms with Crippen molar-refractivity contribution in [2.75, 3.05) is 39.8 Å². The van der Waals surface area contributed by atoms with Crippen LogP contribution in [0.15, 0.2) is 12.1 Å². The van der Waals surface area contributed by atoms with Gasteiger partial charge in [-0.2, -0.15) is 0 Å². The average molecular weight is 258 g/mol. The van der Waals surface area contributed by atoms with Crippen molar-refractivity contribution < 1.29 is 4.74 Å². The van der Waals surface area contributed by atoms with E-state index in [1.807, 2.05) is 6.07 Å². The Balaban J connectivity index is 2.10. The zero-order valence-corrected chi connectivity index (χ0v) is 12.0. The lowest BCUT2D eigenvalue weighted by Gasteiger charge is -2.24. The highest BCUT2D eigenvalue weighted by Gasteiger charge is 2.08. The molecule has 0 spiro atoms. The van der Waals surface area contributed by atoms with Gasteiger partial charge in [-0.05, 0) is 31.0 Å². The van der Waals surface area contributed by atoms with Crippen molar-refractivity contribution in [3.8, 4) is 17.6 Å². The van der Waals surface area contributed by atoms with Gasteiger partial charge in [0.2, 0.25) is 0 Å². The monoisotopic (exact) mass is 258 g/mol. The molecule has 19 heavy (non-hydrogen) atoms. The maximum atomic E-state index is 5.42. The van der Waals surface area contributed by atoms with Crippen LogP contribution >= 0.6 is 0 Å². The summed E-state index contributed by atoms with van der Waals surface area (Å²) in [5.74, 6) is 7.42. The van der Waals surface area contributed by atoms with E-state index in [0.29, 0.717) is 0 Å². The summed E-state index contributed by atoms with van der Waals surface area (Å²) >= 11 is 0. The molecule has 3 heteroatoms. The van der Waals surface area contributed by atoms with Gasteiger partial charge in [-0.1, -0.05) is 17.9 Å². The quantitative estimate of drug-likeness (QED) is 0.815. The van der Waals surface area contributed by atoms with Crippen molar-refractivity contribution in [1.29, 1.82) is 0 Å². The Labute approximate surface area is 115 Å². The zero-order chi connectivity index (χ0) is 13.7. The maximum absolute atomic E-state index is 5.42. The van der Waals surface area contributed by atoms with E-state index in [0.717, 1.165) is 44.0 Å². The van der Waals surface area contributed by atoms with Crippen LogP contribution in [0.3, 0.4) is 0 Å². The van der Waals surface area contributed by atoms with Crippen LogP contribution in [0.2, 0.25) is 0 Å². The third-order valence-electron chi connectivity index (χ3n) is 3.39. The second-order valence-electron chi connectivity index (χ2n) is 4.99. The van der Waals surface area contributed by atoms with Crippen LogP contribution in [0.5, 0.6) is 5.75 Å². The number of nitrogens with zero attached hydrogens (tertiary/aromatic N) is 1. The molecule has 1 N–H and O–H groups in total. The molecule has 1 aliphatic rings. The lowest BCUT2D eigenvalue weighted by molar-refractivity contribution is 0.268. The van der Waals surface area contributed by atoms with Gasteiger partial charge in [0.05, 0.1) is 19.2 Å². The van der Waals surface area contributed by atoms with E-state index in [-0.39, 0.29) is 0 Å². The molecule has 3 nitrogen and oxygen atoms in total. The Morgan fingerprint density at radius 3 is 2.68 bits per heavy atom. The summed E-state index contributed by atoms with van der Waals surface area (Å²) in [5, 5.41) is 3.35. The fraction of sp³-hybridized carbons (Fsp3) is 0.500. The number of hydrogen-bond acceptors (Lipinski definition) is 3. The van der Waals surface area contributed by atoms with Crippen molar-refractivity contribution >= 4 is 0 Å². The molecule has 1 aliphatic heterocycles. The first-order valence-corrected chi connectivity index (χ1v) is 6.78. The van der Waals surface area contributed by atoms with Crippen LogP contribution in [0.25, 0.3) is 0 Å². The van der Waals surface area contributed by atoms with E-state index < -0.39 is 0 Å². The Hall–Kier alpha value is -1.50. The van der Waals surface area contributed by atoms with E-state index >= 15 is 0 Å². The molecular formula is C16H22N2O. The molecule has 0 amide bonds. The van der Waals surface area contributed by atoms with Gasteiger partial charge in [0.15, 0.2) is 0 Å². The maximum Gasteiger partial charge on any atom is 0.135 e. The van der Waals surface area contributed by atoms with E-state index in [1.54, 1.807) is 7.11 Å². The number of piperazine rings is 1. The second kappa shape index (κ2) is 6.60. The molecule has 0 atom stereocenters. The molecule has 0 radical (unpaired) electrons. The average Bonchev–Trinajstić information content (AvgIpc) is 2.42. The Kier molecular flexibility index (Phi) is 4.84. The molecule has 0 unspecified atom stereocenters. The largest absolute Gasteiger partial charge is 0.495 e. The van der Waals surface area contributed by atoms with Gasteiger partial charge < -0.3 is 10.1 Å². The minimum atomic E-state index is 0.831. The number of methoxy groups -OCH3 is 1. The molecule has 1 fully saturated rings. The third-order valence-corrected chi connectivity index (χ3v) is 3.39. The molecule has 1 aromatic carbocycles. The lowest BCUT2D eigenvalue weighted by Crippen LogP contribution is -2.43. The van der Waals surface area contributed by atoms with Gasteiger partial charge in [0.25, 0.3) is 0 Å². The summed E-state index contributed by atoms with van der Waals surface area (Å²) in [6.07, 6.45) is 0. The fourth-order valence-electron chi connectivity index (χ4n) is 2.36. The van der Waals surface area contributed by atoms with Gasteiger partial charge in [-0.25, -0.2) is 0 Å². The number of nitrogens with one attached hydrogen (secondary N) is 1. The SMILES string of the molecule is COc1cc(C)cc(C)c1C#CCN1CCNCC1. The summed E-state index contributed by atoms with van der Waals surface area (Å²) in [4.78, 5) is 2.37. The summed E-state index contributed by atoms with van der Waals surface area (Å²) in [6, 6.07) is 4.19. The van der Waals surface area contributed by atoms with E-state index in [4.69, 9.17) is 4.74 Å². The van der Waals surface area contributed by atoms with Gasteiger partial charge in [-0.15, -0.1) is 0 Å². The summed E-state index contributed by atoms with van der Waals surface area (Å²) in [5.41, 5.74) is 3.41. The molecule has 0 aliphatic carbocycles. The minimum absolute atomic E-state index is 0.831. The van der Waals surface area contributed by atoms with Crippen molar-refractivity contribution in [3.05, 3.63) is 28.8 Å². The van der Waals surface area contributed by atoms with Crippen LogP contribution < -0.4 is 10.1 Å². The molecule has 1 aromatic rings.